The van der Waals surface area contributed by atoms with Gasteiger partial charge in [0.05, 0.1) is 17.0 Å². The highest BCUT2D eigenvalue weighted by Crippen LogP contribution is 2.25. The van der Waals surface area contributed by atoms with Crippen LogP contribution in [0.3, 0.4) is 0 Å². The molecule has 1 rings (SSSR count). The van der Waals surface area contributed by atoms with E-state index < -0.39 is 39.7 Å². The summed E-state index contributed by atoms with van der Waals surface area (Å²) in [5.41, 5.74) is -1.64. The topological polar surface area (TPSA) is 125 Å². The number of rotatable bonds is 5. The first-order chi connectivity index (χ1) is 13.1. The molecule has 158 valence electrons. The molecule has 0 bridgehead atoms. The number of hydrogen-bond donors (Lipinski definition) is 1. The van der Waals surface area contributed by atoms with E-state index in [-0.39, 0.29) is 23.2 Å². The summed E-state index contributed by atoms with van der Waals surface area (Å²) in [6.07, 6.45) is -0.735. The predicted octanol–water partition coefficient (Wildman–Crippen LogP) is 3.91. The van der Waals surface area contributed by atoms with Crippen LogP contribution in [0.2, 0.25) is 0 Å². The minimum atomic E-state index is -1.03. The van der Waals surface area contributed by atoms with Gasteiger partial charge in [0.1, 0.15) is 5.60 Å². The second kappa shape index (κ2) is 8.85. The summed E-state index contributed by atoms with van der Waals surface area (Å²) in [6.45, 7) is 13.7. The predicted molar refractivity (Wildman–Crippen MR) is 105 cm³/mol. The van der Waals surface area contributed by atoms with E-state index in [1.54, 1.807) is 41.5 Å². The number of nitro benzene ring substituents is 1. The van der Waals surface area contributed by atoms with Crippen molar-refractivity contribution in [3.05, 3.63) is 51.6 Å². The highest BCUT2D eigenvalue weighted by atomic mass is 16.6. The van der Waals surface area contributed by atoms with Gasteiger partial charge in [0, 0.05) is 17.2 Å². The summed E-state index contributed by atoms with van der Waals surface area (Å²) in [5.74, 6) is -1.93. The number of nitrogens with zero attached hydrogens (tertiary/aromatic N) is 1. The second-order valence-electron chi connectivity index (χ2n) is 8.36. The van der Waals surface area contributed by atoms with Crippen molar-refractivity contribution in [2.75, 3.05) is 0 Å². The first-order valence-corrected chi connectivity index (χ1v) is 8.82. The van der Waals surface area contributed by atoms with Crippen molar-refractivity contribution in [3.8, 4) is 0 Å². The Labute approximate surface area is 169 Å². The van der Waals surface area contributed by atoms with Gasteiger partial charge < -0.3 is 14.8 Å². The van der Waals surface area contributed by atoms with E-state index >= 15 is 0 Å². The van der Waals surface area contributed by atoms with Crippen molar-refractivity contribution < 1.29 is 28.8 Å². The SMILES string of the molecule is C=C(C(=O)OC(=O)c1ccc(CNC(=O)OC(C)(C)C)c([N+](=O)[O-])c1)C(C)(C)C. The molecule has 0 fully saturated rings. The Balaban J connectivity index is 2.96. The maximum Gasteiger partial charge on any atom is 0.407 e. The maximum absolute atomic E-state index is 12.2. The molecule has 9 nitrogen and oxygen atoms in total. The Morgan fingerprint density at radius 2 is 1.72 bits per heavy atom. The number of nitrogens with one attached hydrogen (secondary N) is 1. The standard InChI is InChI=1S/C20H26N2O7/c1-12(19(2,3)4)16(23)28-17(24)13-8-9-14(15(10-13)22(26)27)11-21-18(25)29-20(5,6)7/h8-10H,1,11H2,2-7H3,(H,21,25). The van der Waals surface area contributed by atoms with Crippen LogP contribution in [0.4, 0.5) is 10.5 Å². The van der Waals surface area contributed by atoms with Crippen LogP contribution < -0.4 is 5.32 Å². The van der Waals surface area contributed by atoms with Crippen LogP contribution in [0, 0.1) is 15.5 Å². The lowest BCUT2D eigenvalue weighted by Crippen LogP contribution is -2.32. The summed E-state index contributed by atoms with van der Waals surface area (Å²) >= 11 is 0. The van der Waals surface area contributed by atoms with Gasteiger partial charge in [-0.25, -0.2) is 14.4 Å². The molecule has 0 unspecified atom stereocenters. The van der Waals surface area contributed by atoms with E-state index in [1.165, 1.54) is 12.1 Å². The van der Waals surface area contributed by atoms with Crippen LogP contribution in [-0.4, -0.2) is 28.6 Å². The number of ether oxygens (including phenoxy) is 2. The van der Waals surface area contributed by atoms with Crippen LogP contribution >= 0.6 is 0 Å². The molecule has 0 aliphatic heterocycles. The fourth-order valence-corrected chi connectivity index (χ4v) is 2.00. The molecule has 1 N–H and O–H groups in total. The molecule has 0 aliphatic rings. The third kappa shape index (κ3) is 7.36. The Bertz CT molecular complexity index is 845. The van der Waals surface area contributed by atoms with Crippen LogP contribution in [0.15, 0.2) is 30.4 Å². The molecular weight excluding hydrogens is 380 g/mol. The van der Waals surface area contributed by atoms with Crippen molar-refractivity contribution in [3.63, 3.8) is 0 Å². The van der Waals surface area contributed by atoms with E-state index in [4.69, 9.17) is 9.47 Å². The van der Waals surface area contributed by atoms with Crippen molar-refractivity contribution in [2.24, 2.45) is 5.41 Å². The highest BCUT2D eigenvalue weighted by molar-refractivity contribution is 6.02. The molecule has 1 aromatic carbocycles. The van der Waals surface area contributed by atoms with Gasteiger partial charge in [-0.2, -0.15) is 0 Å². The largest absolute Gasteiger partial charge is 0.444 e. The molecular formula is C20H26N2O7. The smallest absolute Gasteiger partial charge is 0.407 e. The lowest BCUT2D eigenvalue weighted by Gasteiger charge is -2.20. The quantitative estimate of drug-likeness (QED) is 0.258. The molecule has 0 saturated carbocycles. The lowest BCUT2D eigenvalue weighted by atomic mass is 9.88. The number of alkyl carbamates (subject to hydrolysis) is 1. The Kier molecular flexibility index (Phi) is 7.26. The van der Waals surface area contributed by atoms with Gasteiger partial charge in [-0.3, -0.25) is 10.1 Å². The minimum Gasteiger partial charge on any atom is -0.444 e. The van der Waals surface area contributed by atoms with Crippen LogP contribution in [-0.2, 0) is 20.8 Å². The summed E-state index contributed by atoms with van der Waals surface area (Å²) in [7, 11) is 0. The number of hydrogen-bond acceptors (Lipinski definition) is 7. The molecule has 1 aromatic rings. The fraction of sp³-hybridized carbons (Fsp3) is 0.450. The van der Waals surface area contributed by atoms with Gasteiger partial charge in [0.25, 0.3) is 5.69 Å². The van der Waals surface area contributed by atoms with Gasteiger partial charge in [-0.1, -0.05) is 27.4 Å². The molecule has 0 saturated heterocycles. The van der Waals surface area contributed by atoms with E-state index in [9.17, 15) is 24.5 Å². The highest BCUT2D eigenvalue weighted by Gasteiger charge is 2.26. The van der Waals surface area contributed by atoms with E-state index in [0.717, 1.165) is 6.07 Å². The van der Waals surface area contributed by atoms with Crippen LogP contribution in [0.25, 0.3) is 0 Å². The minimum absolute atomic E-state index is 0.0959. The van der Waals surface area contributed by atoms with E-state index in [0.29, 0.717) is 0 Å². The zero-order valence-corrected chi connectivity index (χ0v) is 17.5. The number of amides is 1. The van der Waals surface area contributed by atoms with Crippen molar-refractivity contribution in [1.82, 2.24) is 5.32 Å². The molecule has 0 atom stereocenters. The number of esters is 2. The van der Waals surface area contributed by atoms with Crippen LogP contribution in [0.1, 0.15) is 57.5 Å². The molecule has 0 aliphatic carbocycles. The lowest BCUT2D eigenvalue weighted by molar-refractivity contribution is -0.385. The van der Waals surface area contributed by atoms with Gasteiger partial charge in [-0.15, -0.1) is 0 Å². The number of carbonyl (C=O) groups excluding carboxylic acids is 3. The molecule has 0 radical (unpaired) electrons. The monoisotopic (exact) mass is 406 g/mol. The van der Waals surface area contributed by atoms with E-state index in [2.05, 4.69) is 11.9 Å². The molecule has 29 heavy (non-hydrogen) atoms. The number of carbonyl (C=O) groups is 3. The normalized spacial score (nSPS) is 11.4. The first-order valence-electron chi connectivity index (χ1n) is 8.82. The summed E-state index contributed by atoms with van der Waals surface area (Å²) in [4.78, 5) is 46.6. The number of benzene rings is 1. The van der Waals surface area contributed by atoms with Gasteiger partial charge in [-0.05, 0) is 38.3 Å². The average molecular weight is 406 g/mol. The van der Waals surface area contributed by atoms with E-state index in [1.807, 2.05) is 0 Å². The second-order valence-corrected chi connectivity index (χ2v) is 8.36. The van der Waals surface area contributed by atoms with Crippen molar-refractivity contribution in [1.29, 1.82) is 0 Å². The zero-order valence-electron chi connectivity index (χ0n) is 17.5. The Hall–Kier alpha value is -3.23. The summed E-state index contributed by atoms with van der Waals surface area (Å²) < 4.78 is 9.84. The molecule has 1 amide bonds. The molecule has 0 spiro atoms. The van der Waals surface area contributed by atoms with Gasteiger partial charge in [0.15, 0.2) is 0 Å². The zero-order chi connectivity index (χ0) is 22.6. The number of nitro groups is 1. The van der Waals surface area contributed by atoms with Crippen molar-refractivity contribution in [2.45, 2.75) is 53.7 Å². The first kappa shape index (κ1) is 23.8. The molecule has 0 aromatic heterocycles. The van der Waals surface area contributed by atoms with Crippen LogP contribution in [0.5, 0.6) is 0 Å². The van der Waals surface area contributed by atoms with Gasteiger partial charge in [0.2, 0.25) is 0 Å². The van der Waals surface area contributed by atoms with Crippen molar-refractivity contribution >= 4 is 23.7 Å². The third-order valence-electron chi connectivity index (χ3n) is 3.68. The fourth-order valence-electron chi connectivity index (χ4n) is 2.00. The Morgan fingerprint density at radius 1 is 1.14 bits per heavy atom. The van der Waals surface area contributed by atoms with Gasteiger partial charge >= 0.3 is 18.0 Å². The summed E-state index contributed by atoms with van der Waals surface area (Å²) in [6, 6.07) is 3.56. The molecule has 0 heterocycles. The summed E-state index contributed by atoms with van der Waals surface area (Å²) in [5, 5.41) is 13.8. The maximum atomic E-state index is 12.2. The molecule has 9 heteroatoms. The third-order valence-corrected chi connectivity index (χ3v) is 3.68. The average Bonchev–Trinajstić information content (AvgIpc) is 2.56. The Morgan fingerprint density at radius 3 is 2.21 bits per heavy atom.